The average molecular weight is 295 g/mol. The molecule has 3 heterocycles. The second kappa shape index (κ2) is 5.26. The maximum atomic E-state index is 11.6. The normalized spacial score (nSPS) is 15.1. The summed E-state index contributed by atoms with van der Waals surface area (Å²) in [6, 6.07) is 3.41. The van der Waals surface area contributed by atoms with Crippen LogP contribution in [0.2, 0.25) is 5.15 Å². The van der Waals surface area contributed by atoms with Crippen LogP contribution in [0.25, 0.3) is 0 Å². The van der Waals surface area contributed by atoms with Crippen LogP contribution in [-0.2, 0) is 13.6 Å². The number of nitrogens with zero attached hydrogens (tertiary/aromatic N) is 4. The Bertz CT molecular complexity index is 675. The molecule has 1 aliphatic heterocycles. The predicted octanol–water partition coefficient (Wildman–Crippen LogP) is 1.11. The summed E-state index contributed by atoms with van der Waals surface area (Å²) in [5, 5.41) is 13.5. The van der Waals surface area contributed by atoms with Crippen molar-refractivity contribution in [1.29, 1.82) is 0 Å². The number of nitrogens with one attached hydrogen (secondary N) is 2. The van der Waals surface area contributed by atoms with Crippen molar-refractivity contribution in [2.45, 2.75) is 13.0 Å². The lowest BCUT2D eigenvalue weighted by molar-refractivity contribution is 0.168. The summed E-state index contributed by atoms with van der Waals surface area (Å²) >= 11 is 5.76. The third-order valence-electron chi connectivity index (χ3n) is 3.35. The fourth-order valence-corrected chi connectivity index (χ4v) is 2.25. The number of aromatic nitrogens is 4. The second-order valence-electron chi connectivity index (χ2n) is 4.83. The van der Waals surface area contributed by atoms with Crippen LogP contribution in [0.3, 0.4) is 0 Å². The lowest BCUT2D eigenvalue weighted by atomic mass is 10.2. The van der Waals surface area contributed by atoms with Crippen molar-refractivity contribution in [3.05, 3.63) is 33.3 Å². The van der Waals surface area contributed by atoms with Crippen molar-refractivity contribution in [2.75, 3.05) is 18.4 Å². The Labute approximate surface area is 120 Å². The van der Waals surface area contributed by atoms with Gasteiger partial charge in [-0.2, -0.15) is 10.2 Å². The molecule has 0 aliphatic carbocycles. The van der Waals surface area contributed by atoms with Crippen molar-refractivity contribution in [3.63, 3.8) is 0 Å². The van der Waals surface area contributed by atoms with Gasteiger partial charge in [0.2, 0.25) is 0 Å². The van der Waals surface area contributed by atoms with E-state index in [1.165, 1.54) is 12.5 Å². The third-order valence-corrected chi connectivity index (χ3v) is 3.54. The zero-order chi connectivity index (χ0) is 14.1. The predicted molar refractivity (Wildman–Crippen MR) is 76.3 cm³/mol. The van der Waals surface area contributed by atoms with Gasteiger partial charge in [-0.3, -0.25) is 14.4 Å². The highest BCUT2D eigenvalue weighted by Crippen LogP contribution is 2.18. The maximum absolute atomic E-state index is 11.6. The van der Waals surface area contributed by atoms with E-state index in [4.69, 9.17) is 11.6 Å². The standard InChI is InChI=1S/C12H15ClN6O/c1-18-8(7-19-3-2-4-19)5-11(17-18)14-9-6-10(13)15-16-12(9)20/h5-6H,2-4,7H2,1H3,(H,16,20)(H,14,15,17). The van der Waals surface area contributed by atoms with Crippen molar-refractivity contribution in [2.24, 2.45) is 7.05 Å². The van der Waals surface area contributed by atoms with Gasteiger partial charge in [0.15, 0.2) is 11.0 Å². The zero-order valence-electron chi connectivity index (χ0n) is 11.1. The SMILES string of the molecule is Cn1nc(Nc2cc(Cl)n[nH]c2=O)cc1CN1CCC1. The van der Waals surface area contributed by atoms with E-state index in [2.05, 4.69) is 25.5 Å². The Morgan fingerprint density at radius 2 is 2.25 bits per heavy atom. The van der Waals surface area contributed by atoms with E-state index >= 15 is 0 Å². The molecule has 0 amide bonds. The number of H-pyrrole nitrogens is 1. The molecule has 2 aromatic heterocycles. The van der Waals surface area contributed by atoms with Gasteiger partial charge in [-0.05, 0) is 19.5 Å². The van der Waals surface area contributed by atoms with Crippen LogP contribution in [0.1, 0.15) is 12.1 Å². The Balaban J connectivity index is 1.78. The quantitative estimate of drug-likeness (QED) is 0.883. The Kier molecular flexibility index (Phi) is 3.45. The minimum atomic E-state index is -0.329. The molecule has 1 aliphatic rings. The molecule has 106 valence electrons. The van der Waals surface area contributed by atoms with E-state index in [9.17, 15) is 4.79 Å². The van der Waals surface area contributed by atoms with Crippen molar-refractivity contribution < 1.29 is 0 Å². The van der Waals surface area contributed by atoms with Gasteiger partial charge in [0, 0.05) is 25.7 Å². The molecule has 0 atom stereocenters. The molecule has 0 radical (unpaired) electrons. The summed E-state index contributed by atoms with van der Waals surface area (Å²) in [7, 11) is 1.89. The molecule has 0 bridgehead atoms. The van der Waals surface area contributed by atoms with Crippen LogP contribution < -0.4 is 10.9 Å². The van der Waals surface area contributed by atoms with E-state index in [0.717, 1.165) is 25.3 Å². The summed E-state index contributed by atoms with van der Waals surface area (Å²) in [5.41, 5.74) is 1.10. The highest BCUT2D eigenvalue weighted by Gasteiger charge is 2.16. The summed E-state index contributed by atoms with van der Waals surface area (Å²) < 4.78 is 1.82. The summed E-state index contributed by atoms with van der Waals surface area (Å²) in [4.78, 5) is 14.0. The first-order valence-corrected chi connectivity index (χ1v) is 6.77. The molecule has 7 nitrogen and oxygen atoms in total. The van der Waals surface area contributed by atoms with E-state index in [1.54, 1.807) is 0 Å². The Morgan fingerprint density at radius 3 is 2.95 bits per heavy atom. The molecule has 2 N–H and O–H groups in total. The Morgan fingerprint density at radius 1 is 1.45 bits per heavy atom. The van der Waals surface area contributed by atoms with E-state index in [-0.39, 0.29) is 10.7 Å². The number of aromatic amines is 1. The third kappa shape index (κ3) is 2.68. The highest BCUT2D eigenvalue weighted by molar-refractivity contribution is 6.29. The molecule has 3 rings (SSSR count). The van der Waals surface area contributed by atoms with Gasteiger partial charge in [0.1, 0.15) is 5.69 Å². The van der Waals surface area contributed by atoms with Gasteiger partial charge >= 0.3 is 0 Å². The summed E-state index contributed by atoms with van der Waals surface area (Å²) in [6.45, 7) is 3.14. The van der Waals surface area contributed by atoms with Gasteiger partial charge in [0.05, 0.1) is 5.69 Å². The van der Waals surface area contributed by atoms with Crippen molar-refractivity contribution >= 4 is 23.1 Å². The molecule has 0 spiro atoms. The molecular weight excluding hydrogens is 280 g/mol. The van der Waals surface area contributed by atoms with Crippen LogP contribution in [0, 0.1) is 0 Å². The monoisotopic (exact) mass is 294 g/mol. The topological polar surface area (TPSA) is 78.8 Å². The molecule has 1 saturated heterocycles. The van der Waals surface area contributed by atoms with Gasteiger partial charge in [-0.15, -0.1) is 0 Å². The number of anilines is 2. The minimum Gasteiger partial charge on any atom is -0.334 e. The summed E-state index contributed by atoms with van der Waals surface area (Å²) in [5.74, 6) is 0.621. The number of hydrogen-bond acceptors (Lipinski definition) is 5. The lowest BCUT2D eigenvalue weighted by Gasteiger charge is -2.30. The largest absolute Gasteiger partial charge is 0.334 e. The second-order valence-corrected chi connectivity index (χ2v) is 5.22. The lowest BCUT2D eigenvalue weighted by Crippen LogP contribution is -2.36. The first kappa shape index (κ1) is 13.1. The molecule has 0 unspecified atom stereocenters. The highest BCUT2D eigenvalue weighted by atomic mass is 35.5. The molecule has 0 aromatic carbocycles. The molecular formula is C12H15ClN6O. The molecule has 0 saturated carbocycles. The number of likely N-dealkylation sites (tertiary alicyclic amines) is 1. The summed E-state index contributed by atoms with van der Waals surface area (Å²) in [6.07, 6.45) is 1.26. The van der Waals surface area contributed by atoms with Crippen LogP contribution in [0.4, 0.5) is 11.5 Å². The van der Waals surface area contributed by atoms with Crippen LogP contribution >= 0.6 is 11.6 Å². The average Bonchev–Trinajstić information content (AvgIpc) is 2.69. The van der Waals surface area contributed by atoms with Crippen molar-refractivity contribution in [1.82, 2.24) is 24.9 Å². The van der Waals surface area contributed by atoms with Crippen LogP contribution in [0.5, 0.6) is 0 Å². The van der Waals surface area contributed by atoms with Gasteiger partial charge in [-0.1, -0.05) is 11.6 Å². The van der Waals surface area contributed by atoms with Gasteiger partial charge < -0.3 is 5.32 Å². The fraction of sp³-hybridized carbons (Fsp3) is 0.417. The minimum absolute atomic E-state index is 0.226. The number of hydrogen-bond donors (Lipinski definition) is 2. The number of aryl methyl sites for hydroxylation is 1. The van der Waals surface area contributed by atoms with Crippen LogP contribution in [0.15, 0.2) is 16.9 Å². The molecule has 1 fully saturated rings. The Hall–Kier alpha value is -1.86. The van der Waals surface area contributed by atoms with Crippen LogP contribution in [-0.4, -0.2) is 38.0 Å². The fourth-order valence-electron chi connectivity index (χ4n) is 2.10. The van der Waals surface area contributed by atoms with Gasteiger partial charge in [0.25, 0.3) is 5.56 Å². The first-order valence-electron chi connectivity index (χ1n) is 6.39. The molecule has 2 aromatic rings. The zero-order valence-corrected chi connectivity index (χ0v) is 11.8. The first-order chi connectivity index (χ1) is 9.61. The van der Waals surface area contributed by atoms with Crippen molar-refractivity contribution in [3.8, 4) is 0 Å². The maximum Gasteiger partial charge on any atom is 0.287 e. The number of rotatable bonds is 4. The van der Waals surface area contributed by atoms with E-state index < -0.39 is 0 Å². The van der Waals surface area contributed by atoms with E-state index in [1.807, 2.05) is 17.8 Å². The molecule has 8 heteroatoms. The van der Waals surface area contributed by atoms with E-state index in [0.29, 0.717) is 11.5 Å². The smallest absolute Gasteiger partial charge is 0.287 e. The number of halogens is 1. The van der Waals surface area contributed by atoms with Gasteiger partial charge in [-0.25, -0.2) is 5.10 Å². The molecule has 20 heavy (non-hydrogen) atoms.